The van der Waals surface area contributed by atoms with Gasteiger partial charge in [0, 0.05) is 36.6 Å². The molecule has 21 heavy (non-hydrogen) atoms. The van der Waals surface area contributed by atoms with Gasteiger partial charge in [0.15, 0.2) is 0 Å². The maximum atomic E-state index is 10.0. The Hall–Kier alpha value is -1.68. The molecular formula is C17H19BrN2O. The molecule has 0 aromatic heterocycles. The van der Waals surface area contributed by atoms with Crippen LogP contribution in [0, 0.1) is 0 Å². The highest BCUT2D eigenvalue weighted by atomic mass is 79.9. The van der Waals surface area contributed by atoms with Crippen LogP contribution in [0.4, 0.5) is 11.4 Å². The van der Waals surface area contributed by atoms with Gasteiger partial charge in [-0.2, -0.15) is 0 Å². The Labute approximate surface area is 133 Å². The highest BCUT2D eigenvalue weighted by molar-refractivity contribution is 9.10. The number of halogens is 1. The molecule has 3 nitrogen and oxygen atoms in total. The van der Waals surface area contributed by atoms with E-state index in [1.807, 2.05) is 18.2 Å². The third kappa shape index (κ3) is 3.32. The number of hydrogen-bond donors (Lipinski definition) is 2. The highest BCUT2D eigenvalue weighted by Gasteiger charge is 2.12. The lowest BCUT2D eigenvalue weighted by atomic mass is 10.2. The van der Waals surface area contributed by atoms with Crippen LogP contribution in [-0.4, -0.2) is 18.2 Å². The standard InChI is InChI=1S/C17H19BrN2O/c18-16-8-3-5-13(17(16)21)12-19-14-6-4-7-15(11-14)20-9-1-2-10-20/h3-8,11,19,21H,1-2,9-10,12H2. The number of phenols is 1. The predicted molar refractivity (Wildman–Crippen MR) is 91.0 cm³/mol. The van der Waals surface area contributed by atoms with Crippen LogP contribution in [0.1, 0.15) is 18.4 Å². The molecule has 0 atom stereocenters. The Kier molecular flexibility index (Phi) is 4.34. The van der Waals surface area contributed by atoms with E-state index in [0.717, 1.165) is 28.8 Å². The van der Waals surface area contributed by atoms with Crippen molar-refractivity contribution in [1.82, 2.24) is 0 Å². The third-order valence-corrected chi connectivity index (χ3v) is 4.51. The molecule has 2 N–H and O–H groups in total. The lowest BCUT2D eigenvalue weighted by Gasteiger charge is -2.18. The molecule has 3 rings (SSSR count). The van der Waals surface area contributed by atoms with Crippen LogP contribution in [0.15, 0.2) is 46.9 Å². The van der Waals surface area contributed by atoms with Gasteiger partial charge in [0.25, 0.3) is 0 Å². The molecule has 1 saturated heterocycles. The predicted octanol–water partition coefficient (Wildman–Crippen LogP) is 4.37. The second-order valence-electron chi connectivity index (χ2n) is 5.35. The SMILES string of the molecule is Oc1c(Br)cccc1CNc1cccc(N2CCCC2)c1. The first-order chi connectivity index (χ1) is 10.2. The number of hydrogen-bond acceptors (Lipinski definition) is 3. The van der Waals surface area contributed by atoms with Gasteiger partial charge in [-0.05, 0) is 53.0 Å². The van der Waals surface area contributed by atoms with Gasteiger partial charge >= 0.3 is 0 Å². The quantitative estimate of drug-likeness (QED) is 0.862. The topological polar surface area (TPSA) is 35.5 Å². The molecule has 1 aliphatic heterocycles. The lowest BCUT2D eigenvalue weighted by molar-refractivity contribution is 0.465. The molecule has 0 aliphatic carbocycles. The van der Waals surface area contributed by atoms with Crippen molar-refractivity contribution in [3.8, 4) is 5.75 Å². The van der Waals surface area contributed by atoms with E-state index in [9.17, 15) is 5.11 Å². The normalized spacial score (nSPS) is 14.4. The van der Waals surface area contributed by atoms with Crippen LogP contribution in [-0.2, 0) is 6.54 Å². The summed E-state index contributed by atoms with van der Waals surface area (Å²) >= 11 is 3.34. The van der Waals surface area contributed by atoms with E-state index in [4.69, 9.17) is 0 Å². The summed E-state index contributed by atoms with van der Waals surface area (Å²) in [5.41, 5.74) is 3.24. The average molecular weight is 347 g/mol. The molecule has 2 aromatic carbocycles. The molecule has 4 heteroatoms. The number of nitrogens with one attached hydrogen (secondary N) is 1. The summed E-state index contributed by atoms with van der Waals surface area (Å²) in [6.45, 7) is 2.90. The van der Waals surface area contributed by atoms with Crippen LogP contribution in [0.25, 0.3) is 0 Å². The monoisotopic (exact) mass is 346 g/mol. The molecule has 0 unspecified atom stereocenters. The zero-order valence-electron chi connectivity index (χ0n) is 11.8. The van der Waals surface area contributed by atoms with Crippen LogP contribution < -0.4 is 10.2 Å². The molecular weight excluding hydrogens is 328 g/mol. The Balaban J connectivity index is 1.70. The maximum absolute atomic E-state index is 10.0. The van der Waals surface area contributed by atoms with E-state index in [1.165, 1.54) is 18.5 Å². The van der Waals surface area contributed by atoms with Crippen molar-refractivity contribution in [1.29, 1.82) is 0 Å². The van der Waals surface area contributed by atoms with E-state index in [1.54, 1.807) is 0 Å². The van der Waals surface area contributed by atoms with Crippen molar-refractivity contribution in [2.24, 2.45) is 0 Å². The minimum Gasteiger partial charge on any atom is -0.506 e. The molecule has 1 heterocycles. The van der Waals surface area contributed by atoms with Crippen molar-refractivity contribution in [2.75, 3.05) is 23.3 Å². The number of anilines is 2. The average Bonchev–Trinajstić information content (AvgIpc) is 3.03. The number of aromatic hydroxyl groups is 1. The fourth-order valence-corrected chi connectivity index (χ4v) is 3.10. The largest absolute Gasteiger partial charge is 0.506 e. The molecule has 0 amide bonds. The van der Waals surface area contributed by atoms with Gasteiger partial charge in [-0.15, -0.1) is 0 Å². The summed E-state index contributed by atoms with van der Waals surface area (Å²) in [4.78, 5) is 2.42. The maximum Gasteiger partial charge on any atom is 0.134 e. The van der Waals surface area contributed by atoms with Gasteiger partial charge in [-0.25, -0.2) is 0 Å². The number of phenolic OH excluding ortho intramolecular Hbond substituents is 1. The summed E-state index contributed by atoms with van der Waals surface area (Å²) in [5, 5.41) is 13.4. The third-order valence-electron chi connectivity index (χ3n) is 3.87. The minimum absolute atomic E-state index is 0.306. The van der Waals surface area contributed by atoms with Crippen molar-refractivity contribution in [3.63, 3.8) is 0 Å². The molecule has 1 aliphatic rings. The molecule has 0 bridgehead atoms. The number of para-hydroxylation sites is 1. The number of nitrogens with zero attached hydrogens (tertiary/aromatic N) is 1. The lowest BCUT2D eigenvalue weighted by Crippen LogP contribution is -2.17. The van der Waals surface area contributed by atoms with Crippen LogP contribution >= 0.6 is 15.9 Å². The van der Waals surface area contributed by atoms with Crippen molar-refractivity contribution in [2.45, 2.75) is 19.4 Å². The summed E-state index contributed by atoms with van der Waals surface area (Å²) in [7, 11) is 0. The van der Waals surface area contributed by atoms with Gasteiger partial charge < -0.3 is 15.3 Å². The molecule has 2 aromatic rings. The fraction of sp³-hybridized carbons (Fsp3) is 0.294. The van der Waals surface area contributed by atoms with Crippen LogP contribution in [0.3, 0.4) is 0 Å². The Morgan fingerprint density at radius 3 is 2.67 bits per heavy atom. The van der Waals surface area contributed by atoms with E-state index in [-0.39, 0.29) is 0 Å². The number of benzene rings is 2. The smallest absolute Gasteiger partial charge is 0.134 e. The molecule has 0 radical (unpaired) electrons. The van der Waals surface area contributed by atoms with Crippen molar-refractivity contribution < 1.29 is 5.11 Å². The van der Waals surface area contributed by atoms with Crippen molar-refractivity contribution >= 4 is 27.3 Å². The second kappa shape index (κ2) is 6.39. The first-order valence-electron chi connectivity index (χ1n) is 7.29. The fourth-order valence-electron chi connectivity index (χ4n) is 2.69. The second-order valence-corrected chi connectivity index (χ2v) is 6.20. The molecule has 0 saturated carbocycles. The van der Waals surface area contributed by atoms with Crippen molar-refractivity contribution in [3.05, 3.63) is 52.5 Å². The summed E-state index contributed by atoms with van der Waals surface area (Å²) < 4.78 is 0.729. The Morgan fingerprint density at radius 2 is 1.86 bits per heavy atom. The zero-order chi connectivity index (χ0) is 14.7. The van der Waals surface area contributed by atoms with Gasteiger partial charge in [-0.3, -0.25) is 0 Å². The van der Waals surface area contributed by atoms with E-state index in [2.05, 4.69) is 50.4 Å². The van der Waals surface area contributed by atoms with Gasteiger partial charge in [0.1, 0.15) is 5.75 Å². The van der Waals surface area contributed by atoms with Crippen LogP contribution in [0.2, 0.25) is 0 Å². The first-order valence-corrected chi connectivity index (χ1v) is 8.08. The van der Waals surface area contributed by atoms with E-state index in [0.29, 0.717) is 12.3 Å². The summed E-state index contributed by atoms with van der Waals surface area (Å²) in [6, 6.07) is 14.2. The molecule has 0 spiro atoms. The van der Waals surface area contributed by atoms with E-state index >= 15 is 0 Å². The number of rotatable bonds is 4. The van der Waals surface area contributed by atoms with Gasteiger partial charge in [0.2, 0.25) is 0 Å². The summed E-state index contributed by atoms with van der Waals surface area (Å²) in [6.07, 6.45) is 2.56. The minimum atomic E-state index is 0.306. The first kappa shape index (κ1) is 14.3. The Bertz CT molecular complexity index is 624. The molecule has 110 valence electrons. The van der Waals surface area contributed by atoms with Gasteiger partial charge in [-0.1, -0.05) is 18.2 Å². The van der Waals surface area contributed by atoms with E-state index < -0.39 is 0 Å². The van der Waals surface area contributed by atoms with Gasteiger partial charge in [0.05, 0.1) is 4.47 Å². The van der Waals surface area contributed by atoms with Crippen LogP contribution in [0.5, 0.6) is 5.75 Å². The zero-order valence-corrected chi connectivity index (χ0v) is 13.4. The summed E-state index contributed by atoms with van der Waals surface area (Å²) in [5.74, 6) is 0.306. The highest BCUT2D eigenvalue weighted by Crippen LogP contribution is 2.28. The Morgan fingerprint density at radius 1 is 1.10 bits per heavy atom. The molecule has 1 fully saturated rings.